The van der Waals surface area contributed by atoms with E-state index in [1.54, 1.807) is 29.3 Å². The van der Waals surface area contributed by atoms with Gasteiger partial charge < -0.3 is 15.0 Å². The van der Waals surface area contributed by atoms with Crippen molar-refractivity contribution < 1.29 is 14.3 Å². The average molecular weight is 480 g/mol. The van der Waals surface area contributed by atoms with Crippen molar-refractivity contribution in [3.05, 3.63) is 48.2 Å². The summed E-state index contributed by atoms with van der Waals surface area (Å²) in [5, 5.41) is 2.90. The normalized spacial score (nSPS) is 18.1. The van der Waals surface area contributed by atoms with Crippen molar-refractivity contribution in [1.29, 1.82) is 0 Å². The molecule has 1 fully saturated rings. The van der Waals surface area contributed by atoms with Crippen LogP contribution in [0.4, 0.5) is 17.2 Å². The third kappa shape index (κ3) is 6.07. The molecule has 2 amide bonds. The van der Waals surface area contributed by atoms with Crippen LogP contribution in [0.5, 0.6) is 0 Å². The van der Waals surface area contributed by atoms with Crippen LogP contribution in [-0.4, -0.2) is 78.6 Å². The SMILES string of the molecule is CCN(CC)CCOCCC1CCCCN1CC(=O)N1c2ccccc2C(=O)Nc2cccnc21. The molecule has 188 valence electrons. The van der Waals surface area contributed by atoms with Crippen molar-refractivity contribution in [2.75, 3.05) is 56.2 Å². The fraction of sp³-hybridized carbons (Fsp3) is 0.519. The van der Waals surface area contributed by atoms with Gasteiger partial charge in [-0.15, -0.1) is 0 Å². The van der Waals surface area contributed by atoms with E-state index in [1.807, 2.05) is 18.2 Å². The van der Waals surface area contributed by atoms with Crippen LogP contribution in [0.1, 0.15) is 49.9 Å². The molecule has 0 radical (unpaired) electrons. The van der Waals surface area contributed by atoms with E-state index in [1.165, 1.54) is 6.42 Å². The Morgan fingerprint density at radius 2 is 1.97 bits per heavy atom. The van der Waals surface area contributed by atoms with Crippen LogP contribution in [0.2, 0.25) is 0 Å². The predicted octanol–water partition coefficient (Wildman–Crippen LogP) is 3.92. The van der Waals surface area contributed by atoms with Crippen molar-refractivity contribution in [3.63, 3.8) is 0 Å². The summed E-state index contributed by atoms with van der Waals surface area (Å²) in [7, 11) is 0. The van der Waals surface area contributed by atoms with Crippen LogP contribution in [0.3, 0.4) is 0 Å². The number of likely N-dealkylation sites (N-methyl/N-ethyl adjacent to an activating group) is 1. The van der Waals surface area contributed by atoms with E-state index in [9.17, 15) is 9.59 Å². The number of piperidine rings is 1. The zero-order valence-electron chi connectivity index (χ0n) is 20.9. The Hall–Kier alpha value is -2.81. The summed E-state index contributed by atoms with van der Waals surface area (Å²) < 4.78 is 5.94. The number of amides is 2. The predicted molar refractivity (Wildman–Crippen MR) is 138 cm³/mol. The van der Waals surface area contributed by atoms with Crippen LogP contribution in [0, 0.1) is 0 Å². The molecular weight excluding hydrogens is 442 g/mol. The number of rotatable bonds is 10. The van der Waals surface area contributed by atoms with E-state index < -0.39 is 0 Å². The summed E-state index contributed by atoms with van der Waals surface area (Å²) in [6.07, 6.45) is 5.88. The van der Waals surface area contributed by atoms with E-state index in [0.717, 1.165) is 52.0 Å². The van der Waals surface area contributed by atoms with Gasteiger partial charge in [-0.2, -0.15) is 0 Å². The molecule has 1 aromatic carbocycles. The summed E-state index contributed by atoms with van der Waals surface area (Å²) in [6, 6.07) is 11.1. The average Bonchev–Trinajstić information content (AvgIpc) is 3.01. The minimum Gasteiger partial charge on any atom is -0.380 e. The van der Waals surface area contributed by atoms with Crippen LogP contribution >= 0.6 is 0 Å². The fourth-order valence-corrected chi connectivity index (χ4v) is 4.98. The molecule has 2 aromatic rings. The molecule has 2 aliphatic heterocycles. The molecule has 0 saturated carbocycles. The maximum absolute atomic E-state index is 13.8. The summed E-state index contributed by atoms with van der Waals surface area (Å²) in [5.74, 6) is 0.148. The summed E-state index contributed by atoms with van der Waals surface area (Å²) in [5.41, 5.74) is 1.58. The number of carbonyl (C=O) groups excluding carboxylic acids is 2. The van der Waals surface area contributed by atoms with Crippen LogP contribution < -0.4 is 10.2 Å². The van der Waals surface area contributed by atoms with Gasteiger partial charge in [0, 0.05) is 25.4 Å². The fourth-order valence-electron chi connectivity index (χ4n) is 4.98. The molecule has 35 heavy (non-hydrogen) atoms. The molecular formula is C27H37N5O3. The zero-order chi connectivity index (χ0) is 24.6. The van der Waals surface area contributed by atoms with Gasteiger partial charge in [0.1, 0.15) is 0 Å². The molecule has 0 bridgehead atoms. The standard InChI is InChI=1S/C27H37N5O3/c1-3-30(4-2)17-19-35-18-14-21-10-7-8-16-31(21)20-25(33)32-24-13-6-5-11-22(24)27(34)29-23-12-9-15-28-26(23)32/h5-6,9,11-13,15,21H,3-4,7-8,10,14,16-20H2,1-2H3,(H,29,34). The van der Waals surface area contributed by atoms with Crippen LogP contribution in [0.15, 0.2) is 42.6 Å². The van der Waals surface area contributed by atoms with Gasteiger partial charge in [0.25, 0.3) is 5.91 Å². The molecule has 1 aromatic heterocycles. The Kier molecular flexibility index (Phi) is 8.84. The minimum absolute atomic E-state index is 0.0803. The number of ether oxygens (including phenoxy) is 1. The lowest BCUT2D eigenvalue weighted by Crippen LogP contribution is -2.46. The number of benzene rings is 1. The molecule has 1 atom stereocenters. The molecule has 8 nitrogen and oxygen atoms in total. The van der Waals surface area contributed by atoms with E-state index in [0.29, 0.717) is 35.4 Å². The zero-order valence-corrected chi connectivity index (χ0v) is 20.9. The van der Waals surface area contributed by atoms with Crippen molar-refractivity contribution in [2.45, 2.75) is 45.6 Å². The number of aromatic nitrogens is 1. The first kappa shape index (κ1) is 25.3. The van der Waals surface area contributed by atoms with Crippen LogP contribution in [-0.2, 0) is 9.53 Å². The lowest BCUT2D eigenvalue weighted by molar-refractivity contribution is -0.120. The van der Waals surface area contributed by atoms with E-state index in [2.05, 4.69) is 33.9 Å². The largest absolute Gasteiger partial charge is 0.380 e. The lowest BCUT2D eigenvalue weighted by Gasteiger charge is -2.36. The first-order valence-corrected chi connectivity index (χ1v) is 12.8. The smallest absolute Gasteiger partial charge is 0.257 e. The van der Waals surface area contributed by atoms with Gasteiger partial charge in [-0.25, -0.2) is 4.98 Å². The van der Waals surface area contributed by atoms with E-state index in [-0.39, 0.29) is 18.4 Å². The van der Waals surface area contributed by atoms with Crippen molar-refractivity contribution in [3.8, 4) is 0 Å². The molecule has 2 aliphatic rings. The number of nitrogens with one attached hydrogen (secondary N) is 1. The van der Waals surface area contributed by atoms with Crippen LogP contribution in [0.25, 0.3) is 0 Å². The van der Waals surface area contributed by atoms with E-state index in [4.69, 9.17) is 4.74 Å². The number of pyridine rings is 1. The maximum Gasteiger partial charge on any atom is 0.257 e. The van der Waals surface area contributed by atoms with Gasteiger partial charge in [-0.3, -0.25) is 19.4 Å². The second kappa shape index (κ2) is 12.2. The highest BCUT2D eigenvalue weighted by Crippen LogP contribution is 2.36. The molecule has 0 aliphatic carbocycles. The van der Waals surface area contributed by atoms with E-state index >= 15 is 0 Å². The van der Waals surface area contributed by atoms with Gasteiger partial charge >= 0.3 is 0 Å². The molecule has 0 spiro atoms. The first-order valence-electron chi connectivity index (χ1n) is 12.8. The molecule has 1 saturated heterocycles. The molecule has 8 heteroatoms. The third-order valence-corrected chi connectivity index (χ3v) is 7.01. The molecule has 1 unspecified atom stereocenters. The Morgan fingerprint density at radius 3 is 2.80 bits per heavy atom. The van der Waals surface area contributed by atoms with Gasteiger partial charge in [0.15, 0.2) is 5.82 Å². The van der Waals surface area contributed by atoms with Gasteiger partial charge in [-0.05, 0) is 63.2 Å². The highest BCUT2D eigenvalue weighted by atomic mass is 16.5. The number of hydrogen-bond donors (Lipinski definition) is 1. The van der Waals surface area contributed by atoms with Crippen molar-refractivity contribution >= 4 is 29.0 Å². The quantitative estimate of drug-likeness (QED) is 0.521. The Bertz CT molecular complexity index is 1010. The maximum atomic E-state index is 13.8. The Balaban J connectivity index is 1.45. The minimum atomic E-state index is -0.233. The molecule has 4 rings (SSSR count). The lowest BCUT2D eigenvalue weighted by atomic mass is 9.99. The number of nitrogens with zero attached hydrogens (tertiary/aromatic N) is 4. The second-order valence-corrected chi connectivity index (χ2v) is 9.12. The number of anilines is 3. The first-order chi connectivity index (χ1) is 17.1. The monoisotopic (exact) mass is 479 g/mol. The number of fused-ring (bicyclic) bond motifs is 2. The van der Waals surface area contributed by atoms with Crippen molar-refractivity contribution in [2.24, 2.45) is 0 Å². The Labute approximate surface area is 208 Å². The number of para-hydroxylation sites is 1. The van der Waals surface area contributed by atoms with Gasteiger partial charge in [0.05, 0.1) is 30.1 Å². The number of hydrogen-bond acceptors (Lipinski definition) is 6. The summed E-state index contributed by atoms with van der Waals surface area (Å²) in [4.78, 5) is 37.3. The van der Waals surface area contributed by atoms with Gasteiger partial charge in [0.2, 0.25) is 5.91 Å². The van der Waals surface area contributed by atoms with Crippen molar-refractivity contribution in [1.82, 2.24) is 14.8 Å². The Morgan fingerprint density at radius 1 is 1.14 bits per heavy atom. The highest BCUT2D eigenvalue weighted by Gasteiger charge is 2.32. The summed E-state index contributed by atoms with van der Waals surface area (Å²) in [6.45, 7) is 9.97. The van der Waals surface area contributed by atoms with Gasteiger partial charge in [-0.1, -0.05) is 32.4 Å². The number of likely N-dealkylation sites (tertiary alicyclic amines) is 1. The third-order valence-electron chi connectivity index (χ3n) is 7.01. The number of carbonyl (C=O) groups is 2. The topological polar surface area (TPSA) is 78.0 Å². The molecule has 1 N–H and O–H groups in total. The highest BCUT2D eigenvalue weighted by molar-refractivity contribution is 6.17. The summed E-state index contributed by atoms with van der Waals surface area (Å²) >= 11 is 0. The molecule has 3 heterocycles. The second-order valence-electron chi connectivity index (χ2n) is 9.12.